The first-order valence-corrected chi connectivity index (χ1v) is 7.44. The largest absolute Gasteiger partial charge is 0.389 e. The second kappa shape index (κ2) is 8.87. The number of piperazine rings is 1. The number of hydrogen-bond donors (Lipinski definition) is 2. The van der Waals surface area contributed by atoms with Crippen molar-refractivity contribution in [3.05, 3.63) is 0 Å². The maximum atomic E-state index is 9.89. The minimum absolute atomic E-state index is 0.221. The van der Waals surface area contributed by atoms with E-state index in [1.54, 1.807) is 0 Å². The van der Waals surface area contributed by atoms with Gasteiger partial charge in [0.05, 0.1) is 18.8 Å². The smallest absolute Gasteiger partial charge is 0.0911 e. The fourth-order valence-electron chi connectivity index (χ4n) is 2.27. The van der Waals surface area contributed by atoms with Gasteiger partial charge in [-0.2, -0.15) is 0 Å². The minimum Gasteiger partial charge on any atom is -0.389 e. The molecule has 1 aliphatic rings. The van der Waals surface area contributed by atoms with Gasteiger partial charge in [0.15, 0.2) is 0 Å². The Hall–Kier alpha value is -0.200. The van der Waals surface area contributed by atoms with Crippen LogP contribution in [0.2, 0.25) is 0 Å². The van der Waals surface area contributed by atoms with Crippen LogP contribution in [-0.2, 0) is 4.74 Å². The number of aliphatic hydroxyl groups is 1. The van der Waals surface area contributed by atoms with Crippen molar-refractivity contribution in [2.75, 3.05) is 46.4 Å². The summed E-state index contributed by atoms with van der Waals surface area (Å²) in [5.41, 5.74) is 3.28. The van der Waals surface area contributed by atoms with E-state index < -0.39 is 6.10 Å². The van der Waals surface area contributed by atoms with Crippen molar-refractivity contribution < 1.29 is 9.84 Å². The van der Waals surface area contributed by atoms with E-state index in [0.29, 0.717) is 19.1 Å². The average molecular weight is 273 g/mol. The fraction of sp³-hybridized carbons (Fsp3) is 1.00. The molecule has 0 aromatic heterocycles. The Morgan fingerprint density at radius 2 is 1.79 bits per heavy atom. The van der Waals surface area contributed by atoms with Gasteiger partial charge in [0.2, 0.25) is 0 Å². The molecule has 1 rings (SSSR count). The second-order valence-electron chi connectivity index (χ2n) is 6.08. The summed E-state index contributed by atoms with van der Waals surface area (Å²) in [4.78, 5) is 2.31. The number of hydrogen-bond acceptors (Lipinski definition) is 5. The summed E-state index contributed by atoms with van der Waals surface area (Å²) in [6.45, 7) is 11.6. The molecule has 0 spiro atoms. The summed E-state index contributed by atoms with van der Waals surface area (Å²) in [6, 6.07) is 0. The van der Waals surface area contributed by atoms with Crippen molar-refractivity contribution in [3.8, 4) is 0 Å². The molecule has 1 saturated heterocycles. The molecule has 0 saturated carbocycles. The number of nitrogens with zero attached hydrogens (tertiary/aromatic N) is 2. The third-order valence-corrected chi connectivity index (χ3v) is 3.43. The van der Waals surface area contributed by atoms with Gasteiger partial charge in [0.1, 0.15) is 0 Å². The van der Waals surface area contributed by atoms with E-state index in [2.05, 4.69) is 43.2 Å². The van der Waals surface area contributed by atoms with Crippen LogP contribution in [0.3, 0.4) is 0 Å². The first-order valence-electron chi connectivity index (χ1n) is 7.44. The highest BCUT2D eigenvalue weighted by atomic mass is 16.5. The van der Waals surface area contributed by atoms with Crippen LogP contribution in [0.1, 0.15) is 27.2 Å². The van der Waals surface area contributed by atoms with Gasteiger partial charge in [0, 0.05) is 32.7 Å². The molecule has 0 aliphatic carbocycles. The van der Waals surface area contributed by atoms with Crippen molar-refractivity contribution in [2.24, 2.45) is 5.92 Å². The van der Waals surface area contributed by atoms with Crippen molar-refractivity contribution in [2.45, 2.75) is 39.4 Å². The van der Waals surface area contributed by atoms with E-state index in [4.69, 9.17) is 4.74 Å². The first-order chi connectivity index (χ1) is 8.97. The molecule has 0 aromatic carbocycles. The van der Waals surface area contributed by atoms with E-state index in [1.807, 2.05) is 0 Å². The van der Waals surface area contributed by atoms with Crippen LogP contribution in [0.15, 0.2) is 0 Å². The van der Waals surface area contributed by atoms with Crippen LogP contribution < -0.4 is 5.43 Å². The zero-order valence-corrected chi connectivity index (χ0v) is 12.9. The molecular weight excluding hydrogens is 242 g/mol. The molecule has 1 heterocycles. The Kier molecular flexibility index (Phi) is 7.87. The molecule has 5 heteroatoms. The third kappa shape index (κ3) is 7.84. The maximum Gasteiger partial charge on any atom is 0.0911 e. The monoisotopic (exact) mass is 273 g/mol. The number of ether oxygens (including phenoxy) is 1. The van der Waals surface area contributed by atoms with Crippen LogP contribution in [-0.4, -0.2) is 73.6 Å². The van der Waals surface area contributed by atoms with Crippen LogP contribution in [0, 0.1) is 5.92 Å². The molecule has 0 bridgehead atoms. The summed E-state index contributed by atoms with van der Waals surface area (Å²) in [5, 5.41) is 12.1. The first kappa shape index (κ1) is 16.9. The molecule has 0 amide bonds. The summed E-state index contributed by atoms with van der Waals surface area (Å²) >= 11 is 0. The molecule has 1 fully saturated rings. The molecule has 5 nitrogen and oxygen atoms in total. The molecule has 2 N–H and O–H groups in total. The number of likely N-dealkylation sites (N-methyl/N-ethyl adjacent to an activating group) is 1. The zero-order chi connectivity index (χ0) is 14.3. The lowest BCUT2D eigenvalue weighted by molar-refractivity contribution is -0.0181. The number of rotatable bonds is 8. The highest BCUT2D eigenvalue weighted by Crippen LogP contribution is 2.07. The molecule has 2 atom stereocenters. The topological polar surface area (TPSA) is 48.0 Å². The van der Waals surface area contributed by atoms with Gasteiger partial charge < -0.3 is 14.7 Å². The Morgan fingerprint density at radius 1 is 1.16 bits per heavy atom. The molecule has 19 heavy (non-hydrogen) atoms. The standard InChI is InChI=1S/C14H31N3O2/c1-12(2)9-13(3)19-11-14(18)10-15-17-7-5-16(4)6-8-17/h12-15,18H,5-11H2,1-4H3. The van der Waals surface area contributed by atoms with Gasteiger partial charge in [-0.05, 0) is 26.3 Å². The Bertz CT molecular complexity index is 231. The predicted molar refractivity (Wildman–Crippen MR) is 77.9 cm³/mol. The maximum absolute atomic E-state index is 9.89. The second-order valence-corrected chi connectivity index (χ2v) is 6.08. The average Bonchev–Trinajstić information content (AvgIpc) is 2.35. The van der Waals surface area contributed by atoms with Crippen molar-refractivity contribution >= 4 is 0 Å². The van der Waals surface area contributed by atoms with Gasteiger partial charge in [-0.3, -0.25) is 5.43 Å². The zero-order valence-electron chi connectivity index (χ0n) is 12.9. The van der Waals surface area contributed by atoms with E-state index in [1.165, 1.54) is 0 Å². The Morgan fingerprint density at radius 3 is 2.37 bits per heavy atom. The summed E-state index contributed by atoms with van der Waals surface area (Å²) in [5.74, 6) is 0.635. The van der Waals surface area contributed by atoms with Crippen LogP contribution in [0.25, 0.3) is 0 Å². The van der Waals surface area contributed by atoms with Crippen molar-refractivity contribution in [1.29, 1.82) is 0 Å². The highest BCUT2D eigenvalue weighted by Gasteiger charge is 2.15. The van der Waals surface area contributed by atoms with Gasteiger partial charge in [-0.1, -0.05) is 13.8 Å². The number of nitrogens with one attached hydrogen (secondary N) is 1. The number of aliphatic hydroxyl groups excluding tert-OH is 1. The van der Waals surface area contributed by atoms with E-state index in [-0.39, 0.29) is 6.10 Å². The Balaban J connectivity index is 2.06. The summed E-state index contributed by atoms with van der Waals surface area (Å²) < 4.78 is 5.65. The van der Waals surface area contributed by atoms with Crippen molar-refractivity contribution in [3.63, 3.8) is 0 Å². The van der Waals surface area contributed by atoms with E-state index in [9.17, 15) is 5.11 Å². The molecular formula is C14H31N3O2. The highest BCUT2D eigenvalue weighted by molar-refractivity contribution is 4.67. The minimum atomic E-state index is -0.436. The third-order valence-electron chi connectivity index (χ3n) is 3.43. The van der Waals surface area contributed by atoms with Gasteiger partial charge in [0.25, 0.3) is 0 Å². The molecule has 1 aliphatic heterocycles. The summed E-state index contributed by atoms with van der Waals surface area (Å²) in [6.07, 6.45) is 0.825. The number of hydrazine groups is 1. The summed E-state index contributed by atoms with van der Waals surface area (Å²) in [7, 11) is 2.14. The van der Waals surface area contributed by atoms with E-state index >= 15 is 0 Å². The van der Waals surface area contributed by atoms with Crippen LogP contribution >= 0.6 is 0 Å². The SMILES string of the molecule is CC(C)CC(C)OCC(O)CNN1CCN(C)CC1. The van der Waals surface area contributed by atoms with Crippen molar-refractivity contribution in [1.82, 2.24) is 15.3 Å². The van der Waals surface area contributed by atoms with Gasteiger partial charge in [-0.25, -0.2) is 5.01 Å². The lowest BCUT2D eigenvalue weighted by atomic mass is 10.1. The molecule has 0 aromatic rings. The lowest BCUT2D eigenvalue weighted by Gasteiger charge is -2.33. The van der Waals surface area contributed by atoms with Gasteiger partial charge in [-0.15, -0.1) is 0 Å². The van der Waals surface area contributed by atoms with E-state index in [0.717, 1.165) is 32.6 Å². The lowest BCUT2D eigenvalue weighted by Crippen LogP contribution is -2.52. The quantitative estimate of drug-likeness (QED) is 0.676. The van der Waals surface area contributed by atoms with Crippen LogP contribution in [0.5, 0.6) is 0 Å². The molecule has 114 valence electrons. The fourth-order valence-corrected chi connectivity index (χ4v) is 2.27. The predicted octanol–water partition coefficient (Wildman–Crippen LogP) is 0.551. The van der Waals surface area contributed by atoms with Crippen LogP contribution in [0.4, 0.5) is 0 Å². The van der Waals surface area contributed by atoms with Gasteiger partial charge >= 0.3 is 0 Å². The molecule has 0 radical (unpaired) electrons. The normalized spacial score (nSPS) is 21.8. The Labute approximate surface area is 117 Å². The molecule has 2 unspecified atom stereocenters.